The Morgan fingerprint density at radius 2 is 2.08 bits per heavy atom. The molecule has 1 heterocycles. The molecule has 59 valence electrons. The lowest BCUT2D eigenvalue weighted by Gasteiger charge is -1.98. The van der Waals surface area contributed by atoms with Gasteiger partial charge in [-0.25, -0.2) is 0 Å². The van der Waals surface area contributed by atoms with Gasteiger partial charge >= 0.3 is 0 Å². The van der Waals surface area contributed by atoms with E-state index >= 15 is 0 Å². The fourth-order valence-corrected chi connectivity index (χ4v) is 1.06. The fourth-order valence-electron chi connectivity index (χ4n) is 1.06. The lowest BCUT2D eigenvalue weighted by atomic mass is 10.2. The zero-order valence-corrected chi connectivity index (χ0v) is 6.15. The maximum Gasteiger partial charge on any atom is 0.134 e. The molecule has 0 atom stereocenters. The molecule has 0 aliphatic heterocycles. The average molecular weight is 160 g/mol. The molecule has 0 fully saturated rings. The summed E-state index contributed by atoms with van der Waals surface area (Å²) in [6.07, 6.45) is 1.33. The van der Waals surface area contributed by atoms with Crippen LogP contribution >= 0.6 is 0 Å². The summed E-state index contributed by atoms with van der Waals surface area (Å²) in [5.41, 5.74) is 0.618. The predicted octanol–water partition coefficient (Wildman–Crippen LogP) is 1.45. The molecule has 0 aliphatic carbocycles. The van der Waals surface area contributed by atoms with Crippen LogP contribution < -0.4 is 0 Å². The van der Waals surface area contributed by atoms with Gasteiger partial charge in [0.15, 0.2) is 0 Å². The van der Waals surface area contributed by atoms with Crippen LogP contribution in [0.15, 0.2) is 24.4 Å². The van der Waals surface area contributed by atoms with E-state index in [9.17, 15) is 5.11 Å². The van der Waals surface area contributed by atoms with Crippen LogP contribution in [0.25, 0.3) is 10.9 Å². The number of benzene rings is 1. The molecule has 0 spiro atoms. The second-order valence-corrected chi connectivity index (χ2v) is 2.47. The van der Waals surface area contributed by atoms with Gasteiger partial charge in [0.25, 0.3) is 0 Å². The molecule has 1 radical (unpaired) electrons. The normalized spacial score (nSPS) is 10.3. The fraction of sp³-hybridized carbons (Fsp3) is 0. The van der Waals surface area contributed by atoms with Crippen LogP contribution in [-0.4, -0.2) is 15.2 Å². The molecule has 2 rings (SSSR count). The Kier molecular flexibility index (Phi) is 1.37. The molecule has 0 aliphatic rings. The van der Waals surface area contributed by atoms with Crippen LogP contribution in [-0.2, 0) is 0 Å². The Balaban J connectivity index is 2.88. The Bertz CT molecular complexity index is 426. The van der Waals surface area contributed by atoms with Crippen LogP contribution in [0.5, 0.6) is 11.5 Å². The van der Waals surface area contributed by atoms with Crippen molar-refractivity contribution in [1.82, 2.24) is 4.98 Å². The summed E-state index contributed by atoms with van der Waals surface area (Å²) in [5, 5.41) is 18.9. The Morgan fingerprint density at radius 1 is 1.25 bits per heavy atom. The zero-order valence-electron chi connectivity index (χ0n) is 6.15. The van der Waals surface area contributed by atoms with E-state index in [2.05, 4.69) is 11.1 Å². The third kappa shape index (κ3) is 0.955. The second kappa shape index (κ2) is 2.37. The molecule has 3 nitrogen and oxygen atoms in total. The maximum atomic E-state index is 9.31. The number of hydrogen-bond acceptors (Lipinski definition) is 3. The summed E-state index contributed by atoms with van der Waals surface area (Å²) in [6, 6.07) is 7.27. The van der Waals surface area contributed by atoms with Crippen molar-refractivity contribution in [2.24, 2.45) is 0 Å². The van der Waals surface area contributed by atoms with Gasteiger partial charge in [-0.3, -0.25) is 4.98 Å². The van der Waals surface area contributed by atoms with E-state index in [1.807, 2.05) is 0 Å². The van der Waals surface area contributed by atoms with Gasteiger partial charge in [-0.15, -0.1) is 0 Å². The first kappa shape index (κ1) is 6.91. The quantitative estimate of drug-likeness (QED) is 0.613. The number of hydrogen-bond donors (Lipinski definition) is 2. The first-order chi connectivity index (χ1) is 5.77. The van der Waals surface area contributed by atoms with Gasteiger partial charge in [-0.1, -0.05) is 0 Å². The molecule has 0 unspecified atom stereocenters. The minimum atomic E-state index is 0.0454. The van der Waals surface area contributed by atoms with Crippen LogP contribution in [0.4, 0.5) is 0 Å². The van der Waals surface area contributed by atoms with Gasteiger partial charge in [0.1, 0.15) is 11.5 Å². The van der Waals surface area contributed by atoms with Gasteiger partial charge in [0, 0.05) is 5.39 Å². The summed E-state index contributed by atoms with van der Waals surface area (Å²) >= 11 is 0. The number of nitrogens with zero attached hydrogens (tertiary/aromatic N) is 1. The Hall–Kier alpha value is -1.77. The molecule has 3 heteroatoms. The number of aromatic nitrogens is 1. The lowest BCUT2D eigenvalue weighted by Crippen LogP contribution is -1.78. The van der Waals surface area contributed by atoms with Crippen molar-refractivity contribution in [2.75, 3.05) is 0 Å². The second-order valence-electron chi connectivity index (χ2n) is 2.47. The van der Waals surface area contributed by atoms with Gasteiger partial charge in [-0.05, 0) is 24.3 Å². The predicted molar refractivity (Wildman–Crippen MR) is 43.9 cm³/mol. The largest absolute Gasteiger partial charge is 0.507 e. The molecule has 0 amide bonds. The lowest BCUT2D eigenvalue weighted by molar-refractivity contribution is 0.469. The van der Waals surface area contributed by atoms with Crippen molar-refractivity contribution in [2.45, 2.75) is 0 Å². The van der Waals surface area contributed by atoms with Crippen molar-refractivity contribution < 1.29 is 10.2 Å². The summed E-state index contributed by atoms with van der Waals surface area (Å²) in [5.74, 6) is 0.125. The van der Waals surface area contributed by atoms with Crippen molar-refractivity contribution >= 4 is 10.9 Å². The monoisotopic (exact) mass is 160 g/mol. The highest BCUT2D eigenvalue weighted by atomic mass is 16.3. The summed E-state index contributed by atoms with van der Waals surface area (Å²) in [4.78, 5) is 3.90. The summed E-state index contributed by atoms with van der Waals surface area (Å²) < 4.78 is 0. The van der Waals surface area contributed by atoms with E-state index in [-0.39, 0.29) is 11.5 Å². The van der Waals surface area contributed by atoms with Gasteiger partial charge in [0.05, 0.1) is 11.7 Å². The minimum absolute atomic E-state index is 0.0454. The third-order valence-corrected chi connectivity index (χ3v) is 1.62. The van der Waals surface area contributed by atoms with Gasteiger partial charge in [0.2, 0.25) is 0 Å². The van der Waals surface area contributed by atoms with Crippen LogP contribution in [0.2, 0.25) is 0 Å². The Labute approximate surface area is 68.9 Å². The Morgan fingerprint density at radius 3 is 2.92 bits per heavy atom. The molecule has 0 saturated carbocycles. The molecule has 2 aromatic rings. The highest BCUT2D eigenvalue weighted by molar-refractivity contribution is 5.85. The van der Waals surface area contributed by atoms with E-state index in [0.29, 0.717) is 10.9 Å². The van der Waals surface area contributed by atoms with Crippen LogP contribution in [0.1, 0.15) is 0 Å². The van der Waals surface area contributed by atoms with E-state index in [0.717, 1.165) is 0 Å². The SMILES string of the molecule is Oc1cnc2c[c]cc(O)c2c1. The van der Waals surface area contributed by atoms with Crippen molar-refractivity contribution in [3.63, 3.8) is 0 Å². The number of phenols is 1. The van der Waals surface area contributed by atoms with Gasteiger partial charge < -0.3 is 10.2 Å². The van der Waals surface area contributed by atoms with Crippen LogP contribution in [0.3, 0.4) is 0 Å². The van der Waals surface area contributed by atoms with E-state index in [1.165, 1.54) is 18.3 Å². The number of phenolic OH excluding ortho intramolecular Hbond substituents is 1. The van der Waals surface area contributed by atoms with Crippen molar-refractivity contribution in [1.29, 1.82) is 0 Å². The molecule has 1 aromatic heterocycles. The van der Waals surface area contributed by atoms with Gasteiger partial charge in [-0.2, -0.15) is 0 Å². The molecular weight excluding hydrogens is 154 g/mol. The number of fused-ring (bicyclic) bond motifs is 1. The zero-order chi connectivity index (χ0) is 8.55. The molecule has 0 bridgehead atoms. The van der Waals surface area contributed by atoms with E-state index in [4.69, 9.17) is 5.11 Å². The number of aromatic hydroxyl groups is 2. The molecular formula is C9H6NO2. The topological polar surface area (TPSA) is 53.4 Å². The van der Waals surface area contributed by atoms with Crippen molar-refractivity contribution in [3.8, 4) is 11.5 Å². The average Bonchev–Trinajstić information content (AvgIpc) is 2.07. The van der Waals surface area contributed by atoms with Crippen molar-refractivity contribution in [3.05, 3.63) is 30.5 Å². The first-order valence-corrected chi connectivity index (χ1v) is 3.45. The van der Waals surface area contributed by atoms with Crippen LogP contribution in [0, 0.1) is 6.07 Å². The highest BCUT2D eigenvalue weighted by Crippen LogP contribution is 2.24. The smallest absolute Gasteiger partial charge is 0.134 e. The highest BCUT2D eigenvalue weighted by Gasteiger charge is 2.00. The first-order valence-electron chi connectivity index (χ1n) is 3.45. The van der Waals surface area contributed by atoms with E-state index < -0.39 is 0 Å². The number of pyridine rings is 1. The molecule has 1 aromatic carbocycles. The van der Waals surface area contributed by atoms with E-state index in [1.54, 1.807) is 6.07 Å². The number of rotatable bonds is 0. The molecule has 2 N–H and O–H groups in total. The minimum Gasteiger partial charge on any atom is -0.507 e. The third-order valence-electron chi connectivity index (χ3n) is 1.62. The summed E-state index contributed by atoms with van der Waals surface area (Å²) in [7, 11) is 0. The molecule has 12 heavy (non-hydrogen) atoms. The standard InChI is InChI=1S/C9H6NO2/c11-6-4-7-8(10-5-6)2-1-3-9(7)12/h2-5,11-12H. The molecule has 0 saturated heterocycles. The summed E-state index contributed by atoms with van der Waals surface area (Å²) in [6.45, 7) is 0. The maximum absolute atomic E-state index is 9.31.